The van der Waals surface area contributed by atoms with Gasteiger partial charge in [0.2, 0.25) is 0 Å². The maximum absolute atomic E-state index is 13.0. The molecule has 2 rings (SSSR count). The van der Waals surface area contributed by atoms with Crippen LogP contribution >= 0.6 is 31.9 Å². The second kappa shape index (κ2) is 5.67. The third-order valence-electron chi connectivity index (χ3n) is 3.48. The summed E-state index contributed by atoms with van der Waals surface area (Å²) < 4.78 is 39.3. The van der Waals surface area contributed by atoms with Crippen LogP contribution in [0, 0.1) is 0 Å². The first-order valence-corrected chi connectivity index (χ1v) is 7.94. The van der Waals surface area contributed by atoms with Gasteiger partial charge in [0.25, 0.3) is 5.91 Å². The summed E-state index contributed by atoms with van der Waals surface area (Å²) in [5.74, 6) is -0.677. The lowest BCUT2D eigenvalue weighted by Crippen LogP contribution is -2.55. The zero-order valence-electron chi connectivity index (χ0n) is 10.4. The topological polar surface area (TPSA) is 29.1 Å². The Labute approximate surface area is 131 Å². The molecule has 0 spiro atoms. The summed E-state index contributed by atoms with van der Waals surface area (Å²) in [5.41, 5.74) is -1.67. The SMILES string of the molecule is O=C(NC1(CBr)CCC1)c1ccc(Br)cc1C(F)(F)F. The molecule has 0 atom stereocenters. The Kier molecular flexibility index (Phi) is 4.49. The molecule has 1 amide bonds. The van der Waals surface area contributed by atoms with Crippen molar-refractivity contribution in [2.75, 3.05) is 5.33 Å². The van der Waals surface area contributed by atoms with Gasteiger partial charge in [-0.1, -0.05) is 31.9 Å². The van der Waals surface area contributed by atoms with Gasteiger partial charge in [0.05, 0.1) is 16.7 Å². The first-order chi connectivity index (χ1) is 9.27. The second-order valence-electron chi connectivity index (χ2n) is 4.91. The van der Waals surface area contributed by atoms with Crippen LogP contribution in [0.5, 0.6) is 0 Å². The summed E-state index contributed by atoms with van der Waals surface area (Å²) >= 11 is 6.31. The molecule has 0 aromatic heterocycles. The summed E-state index contributed by atoms with van der Waals surface area (Å²) in [6.07, 6.45) is -2.03. The second-order valence-corrected chi connectivity index (χ2v) is 6.39. The largest absolute Gasteiger partial charge is 0.417 e. The number of hydrogen-bond acceptors (Lipinski definition) is 1. The van der Waals surface area contributed by atoms with Crippen LogP contribution in [-0.4, -0.2) is 16.8 Å². The molecule has 7 heteroatoms. The van der Waals surface area contributed by atoms with E-state index in [0.717, 1.165) is 25.3 Å². The molecule has 1 aromatic carbocycles. The quantitative estimate of drug-likeness (QED) is 0.724. The number of amides is 1. The van der Waals surface area contributed by atoms with E-state index in [2.05, 4.69) is 37.2 Å². The van der Waals surface area contributed by atoms with E-state index in [9.17, 15) is 18.0 Å². The molecule has 1 fully saturated rings. The van der Waals surface area contributed by atoms with Crippen molar-refractivity contribution in [1.29, 1.82) is 0 Å². The maximum atomic E-state index is 13.0. The lowest BCUT2D eigenvalue weighted by Gasteiger charge is -2.41. The minimum atomic E-state index is -4.56. The van der Waals surface area contributed by atoms with Gasteiger partial charge in [-0.25, -0.2) is 0 Å². The molecule has 0 saturated heterocycles. The van der Waals surface area contributed by atoms with Gasteiger partial charge in [-0.2, -0.15) is 13.2 Å². The molecule has 1 aliphatic carbocycles. The van der Waals surface area contributed by atoms with E-state index in [1.165, 1.54) is 12.1 Å². The number of carbonyl (C=O) groups excluding carboxylic acids is 1. The van der Waals surface area contributed by atoms with Crippen molar-refractivity contribution in [3.63, 3.8) is 0 Å². The minimum Gasteiger partial charge on any atom is -0.346 e. The summed E-state index contributed by atoms with van der Waals surface area (Å²) in [7, 11) is 0. The standard InChI is InChI=1S/C13H12Br2F3NO/c14-7-12(4-1-5-12)19-11(20)9-3-2-8(15)6-10(9)13(16,17)18/h2-3,6H,1,4-5,7H2,(H,19,20). The van der Waals surface area contributed by atoms with E-state index < -0.39 is 23.2 Å². The van der Waals surface area contributed by atoms with Crippen molar-refractivity contribution in [2.45, 2.75) is 31.0 Å². The third-order valence-corrected chi connectivity index (χ3v) is 5.04. The van der Waals surface area contributed by atoms with Crippen LogP contribution in [-0.2, 0) is 6.18 Å². The first-order valence-electron chi connectivity index (χ1n) is 6.03. The van der Waals surface area contributed by atoms with Crippen LogP contribution in [0.15, 0.2) is 22.7 Å². The summed E-state index contributed by atoms with van der Waals surface area (Å²) in [4.78, 5) is 12.1. The lowest BCUT2D eigenvalue weighted by atomic mass is 9.78. The van der Waals surface area contributed by atoms with E-state index in [-0.39, 0.29) is 5.56 Å². The molecule has 1 N–H and O–H groups in total. The van der Waals surface area contributed by atoms with Crippen molar-refractivity contribution in [2.24, 2.45) is 0 Å². The molecule has 110 valence electrons. The van der Waals surface area contributed by atoms with Gasteiger partial charge in [0, 0.05) is 9.80 Å². The average molecular weight is 415 g/mol. The Morgan fingerprint density at radius 3 is 2.45 bits per heavy atom. The Morgan fingerprint density at radius 1 is 1.35 bits per heavy atom. The van der Waals surface area contributed by atoms with Gasteiger partial charge in [-0.05, 0) is 37.5 Å². The number of rotatable bonds is 3. The minimum absolute atomic E-state index is 0.292. The highest BCUT2D eigenvalue weighted by atomic mass is 79.9. The third kappa shape index (κ3) is 3.19. The molecular formula is C13H12Br2F3NO. The molecule has 0 heterocycles. The fraction of sp³-hybridized carbons (Fsp3) is 0.462. The van der Waals surface area contributed by atoms with Gasteiger partial charge in [-0.3, -0.25) is 4.79 Å². The summed E-state index contributed by atoms with van der Waals surface area (Å²) in [6, 6.07) is 3.56. The predicted molar refractivity (Wildman–Crippen MR) is 77.0 cm³/mol. The van der Waals surface area contributed by atoms with Crippen LogP contribution in [0.2, 0.25) is 0 Å². The molecule has 0 unspecified atom stereocenters. The molecular weight excluding hydrogens is 403 g/mol. The fourth-order valence-electron chi connectivity index (χ4n) is 2.15. The number of alkyl halides is 4. The van der Waals surface area contributed by atoms with Crippen LogP contribution in [0.3, 0.4) is 0 Å². The molecule has 20 heavy (non-hydrogen) atoms. The van der Waals surface area contributed by atoms with Gasteiger partial charge in [0.1, 0.15) is 0 Å². The van der Waals surface area contributed by atoms with E-state index in [4.69, 9.17) is 0 Å². The number of halogens is 5. The van der Waals surface area contributed by atoms with Crippen LogP contribution in [0.4, 0.5) is 13.2 Å². The molecule has 1 aromatic rings. The van der Waals surface area contributed by atoms with E-state index in [1.54, 1.807) is 0 Å². The molecule has 1 saturated carbocycles. The Hall–Kier alpha value is -0.560. The molecule has 0 radical (unpaired) electrons. The van der Waals surface area contributed by atoms with Crippen LogP contribution in [0.1, 0.15) is 35.2 Å². The number of benzene rings is 1. The number of nitrogens with one attached hydrogen (secondary N) is 1. The smallest absolute Gasteiger partial charge is 0.346 e. The first kappa shape index (κ1) is 15.8. The average Bonchev–Trinajstić information content (AvgIpc) is 2.32. The van der Waals surface area contributed by atoms with E-state index in [1.807, 2.05) is 0 Å². The fourth-order valence-corrected chi connectivity index (χ4v) is 3.21. The Bertz CT molecular complexity index is 521. The van der Waals surface area contributed by atoms with Crippen LogP contribution < -0.4 is 5.32 Å². The summed E-state index contributed by atoms with van der Waals surface area (Å²) in [6.45, 7) is 0. The zero-order chi connectivity index (χ0) is 15.0. The van der Waals surface area contributed by atoms with Gasteiger partial charge in [-0.15, -0.1) is 0 Å². The molecule has 0 aliphatic heterocycles. The molecule has 2 nitrogen and oxygen atoms in total. The Balaban J connectivity index is 2.30. The predicted octanol–water partition coefficient (Wildman–Crippen LogP) is 4.52. The van der Waals surface area contributed by atoms with Crippen LogP contribution in [0.25, 0.3) is 0 Å². The zero-order valence-corrected chi connectivity index (χ0v) is 13.5. The highest BCUT2D eigenvalue weighted by molar-refractivity contribution is 9.10. The van der Waals surface area contributed by atoms with Crippen molar-refractivity contribution in [3.8, 4) is 0 Å². The van der Waals surface area contributed by atoms with E-state index in [0.29, 0.717) is 9.80 Å². The van der Waals surface area contributed by atoms with Gasteiger partial charge in [0.15, 0.2) is 0 Å². The highest BCUT2D eigenvalue weighted by Gasteiger charge is 2.40. The molecule has 1 aliphatic rings. The van der Waals surface area contributed by atoms with E-state index >= 15 is 0 Å². The number of carbonyl (C=O) groups is 1. The monoisotopic (exact) mass is 413 g/mol. The Morgan fingerprint density at radius 2 is 2.00 bits per heavy atom. The van der Waals surface area contributed by atoms with Crippen molar-refractivity contribution in [3.05, 3.63) is 33.8 Å². The summed E-state index contributed by atoms with van der Waals surface area (Å²) in [5, 5.41) is 3.27. The van der Waals surface area contributed by atoms with Crippen molar-refractivity contribution in [1.82, 2.24) is 5.32 Å². The van der Waals surface area contributed by atoms with Gasteiger partial charge < -0.3 is 5.32 Å². The maximum Gasteiger partial charge on any atom is 0.417 e. The normalized spacial score (nSPS) is 17.4. The lowest BCUT2D eigenvalue weighted by molar-refractivity contribution is -0.138. The molecule has 0 bridgehead atoms. The highest BCUT2D eigenvalue weighted by Crippen LogP contribution is 2.36. The van der Waals surface area contributed by atoms with Crippen molar-refractivity contribution < 1.29 is 18.0 Å². The van der Waals surface area contributed by atoms with Crippen molar-refractivity contribution >= 4 is 37.8 Å². The number of hydrogen-bond donors (Lipinski definition) is 1. The van der Waals surface area contributed by atoms with Gasteiger partial charge >= 0.3 is 6.18 Å².